The Kier molecular flexibility index (Phi) is 5.78. The SMILES string of the molecule is COc1ccc(CN(c2ncns2)S(=O)(=O)c2ccc3c(Br)c[nH]c3c2)c(CO)c1. The third-order valence-corrected chi connectivity index (χ3v) is 7.84. The molecule has 0 unspecified atom stereocenters. The molecule has 0 radical (unpaired) electrons. The van der Waals surface area contributed by atoms with Crippen LogP contribution in [0.1, 0.15) is 11.1 Å². The van der Waals surface area contributed by atoms with Gasteiger partial charge in [0, 0.05) is 33.1 Å². The molecule has 0 atom stereocenters. The van der Waals surface area contributed by atoms with Crippen molar-refractivity contribution >= 4 is 53.5 Å². The average molecular weight is 509 g/mol. The number of nitrogens with zero attached hydrogens (tertiary/aromatic N) is 3. The fourth-order valence-corrected chi connectivity index (χ4v) is 5.69. The second-order valence-electron chi connectivity index (χ2n) is 6.37. The monoisotopic (exact) mass is 508 g/mol. The summed E-state index contributed by atoms with van der Waals surface area (Å²) < 4.78 is 38.3. The topological polar surface area (TPSA) is 108 Å². The minimum atomic E-state index is -3.95. The zero-order chi connectivity index (χ0) is 21.3. The molecular weight excluding hydrogens is 492 g/mol. The largest absolute Gasteiger partial charge is 0.497 e. The summed E-state index contributed by atoms with van der Waals surface area (Å²) in [6, 6.07) is 10.0. The standard InChI is InChI=1S/C19H17BrN4O4S2/c1-28-14-3-2-12(13(6-14)10-25)9-24(19-22-11-23-29-19)30(26,27)15-4-5-16-17(20)8-21-18(16)7-15/h2-8,11,21,25H,9-10H2,1H3. The van der Waals surface area contributed by atoms with Crippen molar-refractivity contribution in [1.29, 1.82) is 0 Å². The van der Waals surface area contributed by atoms with Gasteiger partial charge in [0.2, 0.25) is 5.13 Å². The lowest BCUT2D eigenvalue weighted by molar-refractivity contribution is 0.279. The Morgan fingerprint density at radius 1 is 1.23 bits per heavy atom. The number of aromatic nitrogens is 3. The number of aliphatic hydroxyl groups excluding tert-OH is 1. The van der Waals surface area contributed by atoms with E-state index in [1.165, 1.54) is 17.7 Å². The van der Waals surface area contributed by atoms with Gasteiger partial charge >= 0.3 is 0 Å². The van der Waals surface area contributed by atoms with Crippen LogP contribution < -0.4 is 9.04 Å². The Bertz CT molecular complexity index is 1290. The van der Waals surface area contributed by atoms with Crippen molar-refractivity contribution in [2.24, 2.45) is 0 Å². The highest BCUT2D eigenvalue weighted by Crippen LogP contribution is 2.31. The molecule has 30 heavy (non-hydrogen) atoms. The normalized spacial score (nSPS) is 11.7. The molecule has 0 saturated heterocycles. The highest BCUT2D eigenvalue weighted by Gasteiger charge is 2.28. The smallest absolute Gasteiger partial charge is 0.266 e. The van der Waals surface area contributed by atoms with Crippen LogP contribution in [0.25, 0.3) is 10.9 Å². The summed E-state index contributed by atoms with van der Waals surface area (Å²) in [6.45, 7) is -0.261. The van der Waals surface area contributed by atoms with E-state index in [1.807, 2.05) is 0 Å². The van der Waals surface area contributed by atoms with Gasteiger partial charge in [-0.05, 0) is 51.3 Å². The number of halogens is 1. The van der Waals surface area contributed by atoms with Crippen LogP contribution in [0.5, 0.6) is 5.75 Å². The zero-order valence-electron chi connectivity index (χ0n) is 15.7. The molecule has 2 N–H and O–H groups in total. The third-order valence-electron chi connectivity index (χ3n) is 4.65. The van der Waals surface area contributed by atoms with E-state index >= 15 is 0 Å². The minimum Gasteiger partial charge on any atom is -0.497 e. The van der Waals surface area contributed by atoms with E-state index in [-0.39, 0.29) is 23.2 Å². The van der Waals surface area contributed by atoms with Crippen molar-refractivity contribution in [2.75, 3.05) is 11.4 Å². The van der Waals surface area contributed by atoms with Gasteiger partial charge in [0.15, 0.2) is 0 Å². The minimum absolute atomic E-state index is 0.0100. The van der Waals surface area contributed by atoms with Gasteiger partial charge in [-0.1, -0.05) is 12.1 Å². The number of H-pyrrole nitrogens is 1. The zero-order valence-corrected chi connectivity index (χ0v) is 19.0. The van der Waals surface area contributed by atoms with Crippen LogP contribution >= 0.6 is 27.5 Å². The Balaban J connectivity index is 1.79. The van der Waals surface area contributed by atoms with Gasteiger partial charge < -0.3 is 14.8 Å². The summed E-state index contributed by atoms with van der Waals surface area (Å²) in [4.78, 5) is 7.29. The average Bonchev–Trinajstić information content (AvgIpc) is 3.41. The molecule has 0 saturated carbocycles. The summed E-state index contributed by atoms with van der Waals surface area (Å²) >= 11 is 4.42. The van der Waals surface area contributed by atoms with E-state index in [9.17, 15) is 13.5 Å². The van der Waals surface area contributed by atoms with Gasteiger partial charge in [0.1, 0.15) is 12.1 Å². The molecule has 8 nitrogen and oxygen atoms in total. The lowest BCUT2D eigenvalue weighted by atomic mass is 10.1. The first-order valence-electron chi connectivity index (χ1n) is 8.76. The molecule has 0 amide bonds. The molecule has 2 heterocycles. The number of aromatic amines is 1. The number of methoxy groups -OCH3 is 1. The number of fused-ring (bicyclic) bond motifs is 1. The maximum absolute atomic E-state index is 13.6. The van der Waals surface area contributed by atoms with Crippen LogP contribution in [-0.2, 0) is 23.2 Å². The summed E-state index contributed by atoms with van der Waals surface area (Å²) in [5.74, 6) is 0.580. The van der Waals surface area contributed by atoms with Gasteiger partial charge in [-0.15, -0.1) is 0 Å². The maximum atomic E-state index is 13.6. The highest BCUT2D eigenvalue weighted by molar-refractivity contribution is 9.10. The molecule has 156 valence electrons. The van der Waals surface area contributed by atoms with Crippen molar-refractivity contribution in [1.82, 2.24) is 14.3 Å². The first kappa shape index (κ1) is 20.8. The van der Waals surface area contributed by atoms with Crippen LogP contribution in [-0.4, -0.2) is 35.0 Å². The van der Waals surface area contributed by atoms with E-state index in [2.05, 4.69) is 30.3 Å². The number of rotatable bonds is 7. The van der Waals surface area contributed by atoms with E-state index in [0.717, 1.165) is 21.4 Å². The quantitative estimate of drug-likeness (QED) is 0.394. The van der Waals surface area contributed by atoms with Crippen LogP contribution in [0.15, 0.2) is 58.3 Å². The number of nitrogens with one attached hydrogen (secondary N) is 1. The fourth-order valence-electron chi connectivity index (χ4n) is 3.08. The number of sulfonamides is 1. The molecule has 4 aromatic rings. The lowest BCUT2D eigenvalue weighted by Crippen LogP contribution is -2.31. The lowest BCUT2D eigenvalue weighted by Gasteiger charge is -2.23. The van der Waals surface area contributed by atoms with Crippen LogP contribution in [0.4, 0.5) is 5.13 Å². The van der Waals surface area contributed by atoms with Gasteiger partial charge in [0.05, 0.1) is 25.2 Å². The summed E-state index contributed by atoms with van der Waals surface area (Å²) in [5.41, 5.74) is 1.91. The molecule has 0 aliphatic heterocycles. The Morgan fingerprint density at radius 2 is 2.07 bits per heavy atom. The second-order valence-corrected chi connectivity index (χ2v) is 9.85. The number of benzene rings is 2. The van der Waals surface area contributed by atoms with E-state index in [1.54, 1.807) is 42.6 Å². The van der Waals surface area contributed by atoms with Crippen molar-refractivity contribution in [3.63, 3.8) is 0 Å². The van der Waals surface area contributed by atoms with Crippen molar-refractivity contribution in [3.8, 4) is 5.75 Å². The van der Waals surface area contributed by atoms with Gasteiger partial charge in [-0.2, -0.15) is 4.37 Å². The van der Waals surface area contributed by atoms with Crippen molar-refractivity contribution < 1.29 is 18.3 Å². The second kappa shape index (κ2) is 8.34. The van der Waals surface area contributed by atoms with Crippen molar-refractivity contribution in [3.05, 3.63) is 64.5 Å². The number of anilines is 1. The first-order chi connectivity index (χ1) is 14.4. The Hall–Kier alpha value is -2.47. The molecule has 0 spiro atoms. The fraction of sp³-hybridized carbons (Fsp3) is 0.158. The number of hydrogen-bond acceptors (Lipinski definition) is 7. The Labute approximate surface area is 185 Å². The number of aliphatic hydroxyl groups is 1. The molecule has 11 heteroatoms. The molecule has 2 aromatic heterocycles. The van der Waals surface area contributed by atoms with Gasteiger partial charge in [0.25, 0.3) is 10.0 Å². The number of hydrogen-bond donors (Lipinski definition) is 2. The summed E-state index contributed by atoms with van der Waals surface area (Å²) in [5, 5.41) is 10.9. The third kappa shape index (κ3) is 3.81. The molecule has 0 bridgehead atoms. The molecule has 2 aromatic carbocycles. The van der Waals surface area contributed by atoms with Crippen LogP contribution in [0.2, 0.25) is 0 Å². The molecular formula is C19H17BrN4O4S2. The predicted octanol–water partition coefficient (Wildman–Crippen LogP) is 3.68. The summed E-state index contributed by atoms with van der Waals surface area (Å²) in [7, 11) is -2.42. The van der Waals surface area contributed by atoms with Crippen molar-refractivity contribution in [2.45, 2.75) is 18.0 Å². The van der Waals surface area contributed by atoms with E-state index < -0.39 is 10.0 Å². The summed E-state index contributed by atoms with van der Waals surface area (Å²) in [6.07, 6.45) is 3.07. The predicted molar refractivity (Wildman–Crippen MR) is 118 cm³/mol. The van der Waals surface area contributed by atoms with Crippen LogP contribution in [0.3, 0.4) is 0 Å². The molecule has 4 rings (SSSR count). The molecule has 0 fully saturated rings. The van der Waals surface area contributed by atoms with Gasteiger partial charge in [-0.3, -0.25) is 0 Å². The molecule has 0 aliphatic carbocycles. The number of ether oxygens (including phenoxy) is 1. The first-order valence-corrected chi connectivity index (χ1v) is 11.8. The Morgan fingerprint density at radius 3 is 2.77 bits per heavy atom. The highest BCUT2D eigenvalue weighted by atomic mass is 79.9. The van der Waals surface area contributed by atoms with E-state index in [0.29, 0.717) is 22.4 Å². The van der Waals surface area contributed by atoms with Gasteiger partial charge in [-0.25, -0.2) is 17.7 Å². The maximum Gasteiger partial charge on any atom is 0.266 e. The molecule has 0 aliphatic rings. The van der Waals surface area contributed by atoms with Crippen LogP contribution in [0, 0.1) is 0 Å². The van der Waals surface area contributed by atoms with E-state index in [4.69, 9.17) is 4.74 Å².